The van der Waals surface area contributed by atoms with E-state index >= 15 is 0 Å². The molecule has 1 aromatic heterocycles. The molecule has 0 unspecified atom stereocenters. The molecule has 22 heavy (non-hydrogen) atoms. The standard InChI is InChI=1S/C14H13BrN4O3/c1-3-7-18-13(21)12(15)17-19(14(18)22)11-6-4-5-10(8-11)16-9(2)20/h3-6,8H,1,7H2,2H3,(H,16,20). The van der Waals surface area contributed by atoms with Gasteiger partial charge >= 0.3 is 5.69 Å². The van der Waals surface area contributed by atoms with Gasteiger partial charge in [-0.3, -0.25) is 14.2 Å². The number of hydrogen-bond acceptors (Lipinski definition) is 4. The largest absolute Gasteiger partial charge is 0.352 e. The molecule has 1 N–H and O–H groups in total. The minimum atomic E-state index is -0.590. The summed E-state index contributed by atoms with van der Waals surface area (Å²) in [4.78, 5) is 35.4. The second-order valence-corrected chi connectivity index (χ2v) is 5.17. The summed E-state index contributed by atoms with van der Waals surface area (Å²) in [5.41, 5.74) is -0.168. The number of halogens is 1. The Bertz CT molecular complexity index is 854. The van der Waals surface area contributed by atoms with Gasteiger partial charge in [-0.2, -0.15) is 9.78 Å². The second-order valence-electron chi connectivity index (χ2n) is 4.42. The SMILES string of the molecule is C=CCn1c(=O)c(Br)nn(-c2cccc(NC(C)=O)c2)c1=O. The highest BCUT2D eigenvalue weighted by Gasteiger charge is 2.12. The number of anilines is 1. The molecule has 0 fully saturated rings. The lowest BCUT2D eigenvalue weighted by Crippen LogP contribution is -2.41. The lowest BCUT2D eigenvalue weighted by molar-refractivity contribution is -0.114. The lowest BCUT2D eigenvalue weighted by atomic mass is 10.3. The van der Waals surface area contributed by atoms with Crippen molar-refractivity contribution in [2.75, 3.05) is 5.32 Å². The van der Waals surface area contributed by atoms with E-state index < -0.39 is 11.2 Å². The smallest absolute Gasteiger partial charge is 0.326 e. The van der Waals surface area contributed by atoms with Gasteiger partial charge < -0.3 is 5.32 Å². The van der Waals surface area contributed by atoms with Gasteiger partial charge in [-0.05, 0) is 34.1 Å². The van der Waals surface area contributed by atoms with Crippen LogP contribution < -0.4 is 16.6 Å². The third-order valence-electron chi connectivity index (χ3n) is 2.74. The minimum Gasteiger partial charge on any atom is -0.326 e. The predicted molar refractivity (Wildman–Crippen MR) is 86.3 cm³/mol. The third kappa shape index (κ3) is 3.22. The Kier molecular flexibility index (Phi) is 4.71. The van der Waals surface area contributed by atoms with Crippen LogP contribution in [-0.2, 0) is 11.3 Å². The number of allylic oxidation sites excluding steroid dienone is 1. The van der Waals surface area contributed by atoms with Crippen molar-refractivity contribution >= 4 is 27.5 Å². The van der Waals surface area contributed by atoms with Crippen LogP contribution >= 0.6 is 15.9 Å². The molecule has 7 nitrogen and oxygen atoms in total. The number of aromatic nitrogens is 3. The highest BCUT2D eigenvalue weighted by atomic mass is 79.9. The zero-order valence-electron chi connectivity index (χ0n) is 11.7. The number of carbonyl (C=O) groups excluding carboxylic acids is 1. The van der Waals surface area contributed by atoms with E-state index in [0.29, 0.717) is 11.4 Å². The van der Waals surface area contributed by atoms with E-state index in [2.05, 4.69) is 32.9 Å². The van der Waals surface area contributed by atoms with Crippen LogP contribution in [0.3, 0.4) is 0 Å². The fraction of sp³-hybridized carbons (Fsp3) is 0.143. The molecule has 1 aromatic carbocycles. The van der Waals surface area contributed by atoms with Crippen LogP contribution in [0.25, 0.3) is 5.69 Å². The first-order valence-corrected chi connectivity index (χ1v) is 7.12. The van der Waals surface area contributed by atoms with Crippen LogP contribution in [0.1, 0.15) is 6.92 Å². The van der Waals surface area contributed by atoms with Gasteiger partial charge in [-0.15, -0.1) is 6.58 Å². The van der Waals surface area contributed by atoms with Crippen LogP contribution in [0, 0.1) is 0 Å². The number of nitrogens with one attached hydrogen (secondary N) is 1. The zero-order valence-corrected chi connectivity index (χ0v) is 13.3. The number of amides is 1. The maximum absolute atomic E-state index is 12.4. The second kappa shape index (κ2) is 6.52. The summed E-state index contributed by atoms with van der Waals surface area (Å²) in [6.45, 7) is 4.99. The quantitative estimate of drug-likeness (QED) is 0.828. The molecule has 0 bridgehead atoms. The van der Waals surface area contributed by atoms with Crippen LogP contribution in [0.4, 0.5) is 5.69 Å². The van der Waals surface area contributed by atoms with Crippen LogP contribution in [-0.4, -0.2) is 20.3 Å². The van der Waals surface area contributed by atoms with Gasteiger partial charge in [-0.25, -0.2) is 4.79 Å². The van der Waals surface area contributed by atoms with Gasteiger partial charge in [0.25, 0.3) is 5.56 Å². The maximum atomic E-state index is 12.4. The van der Waals surface area contributed by atoms with E-state index in [1.807, 2.05) is 0 Å². The Morgan fingerprint density at radius 1 is 1.45 bits per heavy atom. The fourth-order valence-electron chi connectivity index (χ4n) is 1.86. The van der Waals surface area contributed by atoms with Crippen molar-refractivity contribution in [2.24, 2.45) is 0 Å². The number of benzene rings is 1. The van der Waals surface area contributed by atoms with Gasteiger partial charge in [0.15, 0.2) is 4.60 Å². The van der Waals surface area contributed by atoms with E-state index in [0.717, 1.165) is 9.25 Å². The zero-order chi connectivity index (χ0) is 16.3. The molecule has 0 aliphatic carbocycles. The molecule has 0 atom stereocenters. The van der Waals surface area contributed by atoms with Crippen molar-refractivity contribution in [1.29, 1.82) is 0 Å². The summed E-state index contributed by atoms with van der Waals surface area (Å²) in [5.74, 6) is -0.227. The highest BCUT2D eigenvalue weighted by molar-refractivity contribution is 9.10. The van der Waals surface area contributed by atoms with Crippen LogP contribution in [0.15, 0.2) is 51.1 Å². The number of nitrogens with zero attached hydrogens (tertiary/aromatic N) is 3. The van der Waals surface area contributed by atoms with E-state index in [1.165, 1.54) is 13.0 Å². The molecule has 1 heterocycles. The molecule has 8 heteroatoms. The molecule has 2 rings (SSSR count). The fourth-order valence-corrected chi connectivity index (χ4v) is 2.24. The Labute approximate surface area is 134 Å². The molecule has 0 radical (unpaired) electrons. The molecule has 0 spiro atoms. The number of carbonyl (C=O) groups is 1. The molecule has 0 saturated heterocycles. The summed E-state index contributed by atoms with van der Waals surface area (Å²) in [6, 6.07) is 6.59. The van der Waals surface area contributed by atoms with Crippen molar-refractivity contribution in [3.8, 4) is 5.69 Å². The Morgan fingerprint density at radius 3 is 2.82 bits per heavy atom. The first-order chi connectivity index (χ1) is 10.4. The average molecular weight is 365 g/mol. The minimum absolute atomic E-state index is 0.0129. The maximum Gasteiger partial charge on any atom is 0.352 e. The Hall–Kier alpha value is -2.48. The van der Waals surface area contributed by atoms with E-state index in [9.17, 15) is 14.4 Å². The molecule has 114 valence electrons. The van der Waals surface area contributed by atoms with Crippen molar-refractivity contribution in [2.45, 2.75) is 13.5 Å². The average Bonchev–Trinajstić information content (AvgIpc) is 2.47. The van der Waals surface area contributed by atoms with E-state index in [-0.39, 0.29) is 17.1 Å². The summed E-state index contributed by atoms with van der Waals surface area (Å²) in [7, 11) is 0. The molecule has 0 saturated carbocycles. The summed E-state index contributed by atoms with van der Waals surface area (Å²) in [6.07, 6.45) is 1.45. The molecule has 1 amide bonds. The van der Waals surface area contributed by atoms with Gasteiger partial charge in [0.2, 0.25) is 5.91 Å². The first kappa shape index (κ1) is 15.9. The highest BCUT2D eigenvalue weighted by Crippen LogP contribution is 2.13. The van der Waals surface area contributed by atoms with E-state index in [1.54, 1.807) is 24.3 Å². The van der Waals surface area contributed by atoms with E-state index in [4.69, 9.17) is 0 Å². The Balaban J connectivity index is 2.63. The topological polar surface area (TPSA) is 86.0 Å². The summed E-state index contributed by atoms with van der Waals surface area (Å²) >= 11 is 3.05. The molecular weight excluding hydrogens is 352 g/mol. The van der Waals surface area contributed by atoms with Crippen molar-refractivity contribution < 1.29 is 4.79 Å². The van der Waals surface area contributed by atoms with Gasteiger partial charge in [0.05, 0.1) is 5.69 Å². The monoisotopic (exact) mass is 364 g/mol. The number of hydrogen-bond donors (Lipinski definition) is 1. The predicted octanol–water partition coefficient (Wildman–Crippen LogP) is 1.30. The van der Waals surface area contributed by atoms with Crippen LogP contribution in [0.2, 0.25) is 0 Å². The summed E-state index contributed by atoms with van der Waals surface area (Å²) < 4.78 is 2.11. The lowest BCUT2D eigenvalue weighted by Gasteiger charge is -2.10. The third-order valence-corrected chi connectivity index (χ3v) is 3.24. The van der Waals surface area contributed by atoms with Gasteiger partial charge in [-0.1, -0.05) is 12.1 Å². The van der Waals surface area contributed by atoms with Gasteiger partial charge in [0.1, 0.15) is 0 Å². The van der Waals surface area contributed by atoms with Crippen molar-refractivity contribution in [3.05, 3.63) is 62.4 Å². The van der Waals surface area contributed by atoms with Crippen molar-refractivity contribution in [3.63, 3.8) is 0 Å². The molecule has 0 aliphatic rings. The Morgan fingerprint density at radius 2 is 2.18 bits per heavy atom. The first-order valence-electron chi connectivity index (χ1n) is 6.32. The van der Waals surface area contributed by atoms with Crippen LogP contribution in [0.5, 0.6) is 0 Å². The number of rotatable bonds is 4. The molecule has 0 aliphatic heterocycles. The molecule has 2 aromatic rings. The van der Waals surface area contributed by atoms with Gasteiger partial charge in [0, 0.05) is 19.2 Å². The molecular formula is C14H13BrN4O3. The normalized spacial score (nSPS) is 10.3. The summed E-state index contributed by atoms with van der Waals surface area (Å²) in [5, 5.41) is 6.57. The van der Waals surface area contributed by atoms with Crippen molar-refractivity contribution in [1.82, 2.24) is 14.3 Å².